The number of carbonyl (C=O) groups is 3. The largest absolute Gasteiger partial charge is 0.463 e. The van der Waals surface area contributed by atoms with Crippen molar-refractivity contribution in [2.75, 3.05) is 13.2 Å². The van der Waals surface area contributed by atoms with Gasteiger partial charge < -0.3 is 19.9 Å². The molecule has 2 N–H and O–H groups in total. The Morgan fingerprint density at radius 2 is 1.48 bits per heavy atom. The summed E-state index contributed by atoms with van der Waals surface area (Å²) in [6.45, 7) is 2.70. The van der Waals surface area contributed by atoms with Crippen molar-refractivity contribution in [2.45, 2.75) is 13.8 Å². The minimum Gasteiger partial charge on any atom is -0.463 e. The van der Waals surface area contributed by atoms with E-state index in [9.17, 15) is 14.4 Å². The Balaban J connectivity index is 2.57. The SMILES string of the molecule is CCOC(=O)/C(B1NC=CN1)=C(/C(=O)OCC)C(=O)c1ccccc1. The molecule has 1 aliphatic heterocycles. The van der Waals surface area contributed by atoms with E-state index in [1.54, 1.807) is 56.6 Å². The Bertz CT molecular complexity index is 707. The van der Waals surface area contributed by atoms with Crippen molar-refractivity contribution in [3.63, 3.8) is 0 Å². The predicted octanol–water partition coefficient (Wildman–Crippen LogP) is 0.983. The monoisotopic (exact) mass is 342 g/mol. The van der Waals surface area contributed by atoms with Crippen LogP contribution in [0.2, 0.25) is 0 Å². The predicted molar refractivity (Wildman–Crippen MR) is 92.2 cm³/mol. The van der Waals surface area contributed by atoms with Gasteiger partial charge in [0.05, 0.1) is 18.7 Å². The summed E-state index contributed by atoms with van der Waals surface area (Å²) in [5.41, 5.74) is -0.183. The number of hydrogen-bond acceptors (Lipinski definition) is 7. The molecule has 130 valence electrons. The molecular weight excluding hydrogens is 323 g/mol. The van der Waals surface area contributed by atoms with Gasteiger partial charge in [0.25, 0.3) is 0 Å². The molecule has 0 fully saturated rings. The van der Waals surface area contributed by atoms with Gasteiger partial charge in [0.2, 0.25) is 0 Å². The summed E-state index contributed by atoms with van der Waals surface area (Å²) < 4.78 is 10.1. The fourth-order valence-corrected chi connectivity index (χ4v) is 2.34. The molecular formula is C17H19BN2O5. The molecule has 0 atom stereocenters. The van der Waals surface area contributed by atoms with Gasteiger partial charge in [-0.25, -0.2) is 9.59 Å². The summed E-state index contributed by atoms with van der Waals surface area (Å²) in [4.78, 5) is 37.9. The molecule has 0 saturated heterocycles. The van der Waals surface area contributed by atoms with E-state index in [0.29, 0.717) is 0 Å². The molecule has 0 saturated carbocycles. The zero-order chi connectivity index (χ0) is 18.2. The van der Waals surface area contributed by atoms with Crippen LogP contribution in [-0.2, 0) is 19.1 Å². The van der Waals surface area contributed by atoms with Crippen LogP contribution in [0.3, 0.4) is 0 Å². The van der Waals surface area contributed by atoms with Crippen molar-refractivity contribution >= 4 is 24.7 Å². The molecule has 1 aromatic carbocycles. The lowest BCUT2D eigenvalue weighted by Gasteiger charge is -2.16. The maximum Gasteiger partial charge on any atom is 0.413 e. The molecule has 0 unspecified atom stereocenters. The topological polar surface area (TPSA) is 93.7 Å². The Morgan fingerprint density at radius 1 is 0.920 bits per heavy atom. The molecule has 0 bridgehead atoms. The van der Waals surface area contributed by atoms with Crippen molar-refractivity contribution in [3.05, 3.63) is 59.3 Å². The molecule has 0 spiro atoms. The Hall–Kier alpha value is -3.03. The van der Waals surface area contributed by atoms with Gasteiger partial charge in [0.15, 0.2) is 5.78 Å². The van der Waals surface area contributed by atoms with Crippen LogP contribution in [0, 0.1) is 0 Å². The van der Waals surface area contributed by atoms with Crippen LogP contribution >= 0.6 is 0 Å². The number of nitrogens with one attached hydrogen (secondary N) is 2. The van der Waals surface area contributed by atoms with Gasteiger partial charge in [-0.3, -0.25) is 4.79 Å². The Kier molecular flexibility index (Phi) is 6.39. The first-order valence-electron chi connectivity index (χ1n) is 7.95. The lowest BCUT2D eigenvalue weighted by molar-refractivity contribution is -0.141. The average Bonchev–Trinajstić information content (AvgIpc) is 3.14. The minimum absolute atomic E-state index is 0.0737. The van der Waals surface area contributed by atoms with Gasteiger partial charge >= 0.3 is 18.9 Å². The highest BCUT2D eigenvalue weighted by atomic mass is 16.5. The zero-order valence-corrected chi connectivity index (χ0v) is 14.1. The van der Waals surface area contributed by atoms with E-state index in [-0.39, 0.29) is 29.8 Å². The Labute approximate surface area is 146 Å². The van der Waals surface area contributed by atoms with Crippen LogP contribution < -0.4 is 10.5 Å². The fraction of sp³-hybridized carbons (Fsp3) is 0.235. The summed E-state index contributed by atoms with van der Waals surface area (Å²) in [5.74, 6) is -2.23. The van der Waals surface area contributed by atoms with Crippen LogP contribution in [0.4, 0.5) is 0 Å². The van der Waals surface area contributed by atoms with Crippen LogP contribution in [0.15, 0.2) is 53.8 Å². The third kappa shape index (κ3) is 4.29. The maximum atomic E-state index is 12.9. The number of ether oxygens (including phenoxy) is 2. The first-order valence-corrected chi connectivity index (χ1v) is 7.95. The second-order valence-corrected chi connectivity index (χ2v) is 5.02. The zero-order valence-electron chi connectivity index (χ0n) is 14.1. The highest BCUT2D eigenvalue weighted by Crippen LogP contribution is 2.18. The lowest BCUT2D eigenvalue weighted by Crippen LogP contribution is -2.45. The normalized spacial score (nSPS) is 13.4. The molecule has 1 aliphatic rings. The standard InChI is InChI=1S/C17H19BN2O5/c1-3-24-16(22)13(15(21)12-8-6-5-7-9-12)14(17(23)25-4-2)18-19-10-11-20-18/h5-11,19-20H,3-4H2,1-2H3/b14-13-. The quantitative estimate of drug-likeness (QED) is 0.191. The first kappa shape index (κ1) is 18.3. The minimum atomic E-state index is -0.866. The maximum absolute atomic E-state index is 12.9. The second kappa shape index (κ2) is 8.72. The molecule has 0 aromatic heterocycles. The van der Waals surface area contributed by atoms with Crippen molar-refractivity contribution in [1.29, 1.82) is 0 Å². The average molecular weight is 342 g/mol. The van der Waals surface area contributed by atoms with E-state index in [1.807, 2.05) is 0 Å². The first-order chi connectivity index (χ1) is 12.1. The van der Waals surface area contributed by atoms with Gasteiger partial charge in [-0.15, -0.1) is 0 Å². The van der Waals surface area contributed by atoms with Crippen LogP contribution in [0.25, 0.3) is 0 Å². The highest BCUT2D eigenvalue weighted by Gasteiger charge is 2.38. The molecule has 1 heterocycles. The summed E-state index contributed by atoms with van der Waals surface area (Å²) in [5, 5.41) is 5.74. The molecule has 2 rings (SSSR count). The molecule has 0 aliphatic carbocycles. The van der Waals surface area contributed by atoms with Crippen molar-refractivity contribution in [1.82, 2.24) is 10.5 Å². The summed E-state index contributed by atoms with van der Waals surface area (Å²) in [6.07, 6.45) is 3.14. The van der Waals surface area contributed by atoms with E-state index in [4.69, 9.17) is 9.47 Å². The van der Waals surface area contributed by atoms with Crippen molar-refractivity contribution in [3.8, 4) is 0 Å². The van der Waals surface area contributed by atoms with E-state index in [0.717, 1.165) is 0 Å². The van der Waals surface area contributed by atoms with Crippen molar-refractivity contribution in [2.24, 2.45) is 0 Å². The number of rotatable bonds is 7. The van der Waals surface area contributed by atoms with E-state index in [2.05, 4.69) is 10.5 Å². The summed E-state index contributed by atoms with van der Waals surface area (Å²) in [6, 6.07) is 8.23. The molecule has 8 heteroatoms. The lowest BCUT2D eigenvalue weighted by atomic mass is 9.65. The number of carbonyl (C=O) groups excluding carboxylic acids is 3. The molecule has 0 radical (unpaired) electrons. The van der Waals surface area contributed by atoms with Gasteiger partial charge in [-0.05, 0) is 13.8 Å². The van der Waals surface area contributed by atoms with Gasteiger partial charge in [-0.2, -0.15) is 0 Å². The van der Waals surface area contributed by atoms with Gasteiger partial charge in [0, 0.05) is 18.0 Å². The Morgan fingerprint density at radius 3 is 2.04 bits per heavy atom. The number of hydrogen-bond donors (Lipinski definition) is 2. The summed E-state index contributed by atoms with van der Waals surface area (Å²) in [7, 11) is 0. The molecule has 1 aromatic rings. The molecule has 0 amide bonds. The fourth-order valence-electron chi connectivity index (χ4n) is 2.34. The van der Waals surface area contributed by atoms with Crippen molar-refractivity contribution < 1.29 is 23.9 Å². The van der Waals surface area contributed by atoms with Crippen LogP contribution in [0.5, 0.6) is 0 Å². The van der Waals surface area contributed by atoms with Gasteiger partial charge in [0.1, 0.15) is 5.57 Å². The van der Waals surface area contributed by atoms with E-state index >= 15 is 0 Å². The second-order valence-electron chi connectivity index (χ2n) is 5.02. The van der Waals surface area contributed by atoms with E-state index in [1.165, 1.54) is 0 Å². The van der Waals surface area contributed by atoms with Crippen LogP contribution in [0.1, 0.15) is 24.2 Å². The number of esters is 2. The number of ketones is 1. The number of Topliss-reactive ketones (excluding diaryl/α,β-unsaturated/α-hetero) is 1. The van der Waals surface area contributed by atoms with E-state index < -0.39 is 24.7 Å². The molecule has 7 nitrogen and oxygen atoms in total. The molecule has 25 heavy (non-hydrogen) atoms. The van der Waals surface area contributed by atoms with Crippen LogP contribution in [-0.4, -0.2) is 37.9 Å². The third-order valence-corrected chi connectivity index (χ3v) is 3.41. The third-order valence-electron chi connectivity index (χ3n) is 3.41. The highest BCUT2D eigenvalue weighted by molar-refractivity contribution is 6.70. The van der Waals surface area contributed by atoms with Gasteiger partial charge in [-0.1, -0.05) is 30.3 Å². The smallest absolute Gasteiger partial charge is 0.413 e. The summed E-state index contributed by atoms with van der Waals surface area (Å²) >= 11 is 0. The number of benzene rings is 1.